The lowest BCUT2D eigenvalue weighted by Crippen LogP contribution is -2.61. The Hall–Kier alpha value is -0.870. The first-order valence-corrected chi connectivity index (χ1v) is 6.44. The summed E-state index contributed by atoms with van der Waals surface area (Å²) in [5.74, 6) is 0. The first kappa shape index (κ1) is 12.6. The average molecular weight is 236 g/mol. The highest BCUT2D eigenvalue weighted by atomic mass is 15.3. The molecule has 0 aromatic carbocycles. The third kappa shape index (κ3) is 2.87. The van der Waals surface area contributed by atoms with Crippen LogP contribution in [0.2, 0.25) is 0 Å². The molecule has 2 rings (SSSR count). The van der Waals surface area contributed by atoms with E-state index in [2.05, 4.69) is 42.2 Å². The van der Waals surface area contributed by atoms with Crippen LogP contribution in [-0.2, 0) is 13.5 Å². The second-order valence-electron chi connectivity index (χ2n) is 5.74. The van der Waals surface area contributed by atoms with E-state index in [4.69, 9.17) is 0 Å². The van der Waals surface area contributed by atoms with Crippen LogP contribution < -0.4 is 5.32 Å². The van der Waals surface area contributed by atoms with Crippen molar-refractivity contribution >= 4 is 0 Å². The van der Waals surface area contributed by atoms with Crippen molar-refractivity contribution in [3.05, 3.63) is 18.0 Å². The van der Waals surface area contributed by atoms with E-state index in [9.17, 15) is 0 Å². The smallest absolute Gasteiger partial charge is 0.0492 e. The van der Waals surface area contributed by atoms with Crippen LogP contribution in [0.25, 0.3) is 0 Å². The molecule has 0 aliphatic carbocycles. The topological polar surface area (TPSA) is 33.1 Å². The standard InChI is InChI=1S/C13H24N4/c1-11-9-17(13(2,3)10-14-11)8-6-12-5-7-15-16(12)4/h5,7,11,14H,6,8-10H2,1-4H3. The van der Waals surface area contributed by atoms with Crippen molar-refractivity contribution in [3.8, 4) is 0 Å². The van der Waals surface area contributed by atoms with Crippen LogP contribution in [0.1, 0.15) is 26.5 Å². The molecule has 4 nitrogen and oxygen atoms in total. The Bertz CT molecular complexity index is 369. The molecule has 0 amide bonds. The first-order valence-electron chi connectivity index (χ1n) is 6.44. The average Bonchev–Trinajstić information content (AvgIpc) is 2.66. The molecule has 1 aliphatic heterocycles. The minimum atomic E-state index is 0.255. The van der Waals surface area contributed by atoms with Gasteiger partial charge in [-0.05, 0) is 26.8 Å². The molecule has 4 heteroatoms. The molecule has 0 saturated carbocycles. The number of rotatable bonds is 3. The predicted molar refractivity (Wildman–Crippen MR) is 70.0 cm³/mol. The summed E-state index contributed by atoms with van der Waals surface area (Å²) in [5, 5.41) is 7.77. The molecule has 96 valence electrons. The Balaban J connectivity index is 1.95. The molecule has 1 saturated heterocycles. The molecule has 0 bridgehead atoms. The molecule has 2 heterocycles. The van der Waals surface area contributed by atoms with Gasteiger partial charge in [0.15, 0.2) is 0 Å². The van der Waals surface area contributed by atoms with Crippen molar-refractivity contribution in [2.24, 2.45) is 7.05 Å². The fourth-order valence-electron chi connectivity index (χ4n) is 2.47. The van der Waals surface area contributed by atoms with Gasteiger partial charge in [-0.1, -0.05) is 0 Å². The number of nitrogens with one attached hydrogen (secondary N) is 1. The van der Waals surface area contributed by atoms with Gasteiger partial charge in [-0.2, -0.15) is 5.10 Å². The number of piperazine rings is 1. The van der Waals surface area contributed by atoms with Crippen LogP contribution in [0.3, 0.4) is 0 Å². The van der Waals surface area contributed by atoms with Crippen LogP contribution in [-0.4, -0.2) is 45.9 Å². The number of hydrogen-bond donors (Lipinski definition) is 1. The Morgan fingerprint density at radius 1 is 1.53 bits per heavy atom. The Kier molecular flexibility index (Phi) is 3.54. The van der Waals surface area contributed by atoms with Crippen LogP contribution in [0, 0.1) is 0 Å². The van der Waals surface area contributed by atoms with Crippen LogP contribution in [0.5, 0.6) is 0 Å². The van der Waals surface area contributed by atoms with Gasteiger partial charge in [0, 0.05) is 56.6 Å². The van der Waals surface area contributed by atoms with E-state index in [0.717, 1.165) is 26.1 Å². The van der Waals surface area contributed by atoms with E-state index in [-0.39, 0.29) is 5.54 Å². The summed E-state index contributed by atoms with van der Waals surface area (Å²) in [4.78, 5) is 2.58. The van der Waals surface area contributed by atoms with Gasteiger partial charge >= 0.3 is 0 Å². The van der Waals surface area contributed by atoms with E-state index in [0.29, 0.717) is 6.04 Å². The second kappa shape index (κ2) is 4.78. The molecular formula is C13H24N4. The summed E-state index contributed by atoms with van der Waals surface area (Å²) < 4.78 is 1.97. The van der Waals surface area contributed by atoms with Crippen LogP contribution in [0.4, 0.5) is 0 Å². The number of hydrogen-bond acceptors (Lipinski definition) is 3. The van der Waals surface area contributed by atoms with E-state index in [1.807, 2.05) is 17.9 Å². The highest BCUT2D eigenvalue weighted by molar-refractivity contribution is 5.02. The zero-order valence-electron chi connectivity index (χ0n) is 11.4. The summed E-state index contributed by atoms with van der Waals surface area (Å²) in [6, 6.07) is 2.70. The third-order valence-electron chi connectivity index (χ3n) is 3.79. The Labute approximate surface area is 104 Å². The van der Waals surface area contributed by atoms with E-state index in [1.54, 1.807) is 0 Å². The van der Waals surface area contributed by atoms with Crippen molar-refractivity contribution < 1.29 is 0 Å². The van der Waals surface area contributed by atoms with Gasteiger partial charge in [0.2, 0.25) is 0 Å². The highest BCUT2D eigenvalue weighted by Crippen LogP contribution is 2.18. The lowest BCUT2D eigenvalue weighted by atomic mass is 9.97. The van der Waals surface area contributed by atoms with Crippen molar-refractivity contribution in [3.63, 3.8) is 0 Å². The third-order valence-corrected chi connectivity index (χ3v) is 3.79. The molecule has 0 spiro atoms. The van der Waals surface area contributed by atoms with Gasteiger partial charge in [-0.25, -0.2) is 0 Å². The minimum Gasteiger partial charge on any atom is -0.311 e. The fraction of sp³-hybridized carbons (Fsp3) is 0.769. The molecule has 1 aromatic heterocycles. The lowest BCUT2D eigenvalue weighted by Gasteiger charge is -2.45. The summed E-state index contributed by atoms with van der Waals surface area (Å²) in [5.41, 5.74) is 1.57. The maximum absolute atomic E-state index is 4.22. The highest BCUT2D eigenvalue weighted by Gasteiger charge is 2.31. The lowest BCUT2D eigenvalue weighted by molar-refractivity contribution is 0.0711. The first-order chi connectivity index (χ1) is 7.99. The number of aryl methyl sites for hydroxylation is 1. The van der Waals surface area contributed by atoms with Gasteiger partial charge in [0.25, 0.3) is 0 Å². The van der Waals surface area contributed by atoms with Gasteiger partial charge in [-0.3, -0.25) is 9.58 Å². The second-order valence-corrected chi connectivity index (χ2v) is 5.74. The van der Waals surface area contributed by atoms with Crippen molar-refractivity contribution in [1.29, 1.82) is 0 Å². The molecule has 1 N–H and O–H groups in total. The zero-order valence-corrected chi connectivity index (χ0v) is 11.4. The van der Waals surface area contributed by atoms with Crippen LogP contribution in [0.15, 0.2) is 12.3 Å². The number of aromatic nitrogens is 2. The minimum absolute atomic E-state index is 0.255. The van der Waals surface area contributed by atoms with E-state index in [1.165, 1.54) is 5.69 Å². The number of nitrogens with zero attached hydrogens (tertiary/aromatic N) is 3. The quantitative estimate of drug-likeness (QED) is 0.851. The van der Waals surface area contributed by atoms with Crippen molar-refractivity contribution in [2.45, 2.75) is 38.8 Å². The predicted octanol–water partition coefficient (Wildman–Crippen LogP) is 1.03. The van der Waals surface area contributed by atoms with Gasteiger partial charge in [-0.15, -0.1) is 0 Å². The molecular weight excluding hydrogens is 212 g/mol. The summed E-state index contributed by atoms with van der Waals surface area (Å²) >= 11 is 0. The SMILES string of the molecule is CC1CN(CCc2ccnn2C)C(C)(C)CN1. The molecule has 1 aliphatic rings. The largest absolute Gasteiger partial charge is 0.311 e. The molecule has 1 fully saturated rings. The maximum atomic E-state index is 4.22. The van der Waals surface area contributed by atoms with Crippen molar-refractivity contribution in [2.75, 3.05) is 19.6 Å². The fourth-order valence-corrected chi connectivity index (χ4v) is 2.47. The molecule has 1 aromatic rings. The van der Waals surface area contributed by atoms with Gasteiger partial charge < -0.3 is 5.32 Å². The van der Waals surface area contributed by atoms with Gasteiger partial charge in [0.05, 0.1) is 0 Å². The molecule has 1 atom stereocenters. The molecule has 17 heavy (non-hydrogen) atoms. The maximum Gasteiger partial charge on any atom is 0.0492 e. The Morgan fingerprint density at radius 2 is 2.29 bits per heavy atom. The summed E-state index contributed by atoms with van der Waals surface area (Å²) in [6.45, 7) is 10.2. The molecule has 1 unspecified atom stereocenters. The van der Waals surface area contributed by atoms with Crippen molar-refractivity contribution in [1.82, 2.24) is 20.0 Å². The molecule has 0 radical (unpaired) electrons. The zero-order chi connectivity index (χ0) is 12.5. The summed E-state index contributed by atoms with van der Waals surface area (Å²) in [7, 11) is 2.01. The Morgan fingerprint density at radius 3 is 2.94 bits per heavy atom. The van der Waals surface area contributed by atoms with E-state index >= 15 is 0 Å². The van der Waals surface area contributed by atoms with E-state index < -0.39 is 0 Å². The van der Waals surface area contributed by atoms with Gasteiger partial charge in [0.1, 0.15) is 0 Å². The normalized spacial score (nSPS) is 25.1. The summed E-state index contributed by atoms with van der Waals surface area (Å²) in [6.07, 6.45) is 2.95. The monoisotopic (exact) mass is 236 g/mol. The van der Waals surface area contributed by atoms with Crippen LogP contribution >= 0.6 is 0 Å².